The summed E-state index contributed by atoms with van der Waals surface area (Å²) < 4.78 is 10.6. The second-order valence-electron chi connectivity index (χ2n) is 5.04. The molecule has 1 fully saturated rings. The topological polar surface area (TPSA) is 76.2 Å². The second kappa shape index (κ2) is 6.02. The molecule has 2 aliphatic rings. The second-order valence-corrected chi connectivity index (χ2v) is 5.48. The Morgan fingerprint density at radius 2 is 1.96 bits per heavy atom. The minimum atomic E-state index is -0.877. The predicted octanol–water partition coefficient (Wildman–Crippen LogP) is 1.68. The molecule has 0 radical (unpaired) electrons. The van der Waals surface area contributed by atoms with Crippen LogP contribution in [0.15, 0.2) is 24.8 Å². The van der Waals surface area contributed by atoms with E-state index in [1.54, 1.807) is 12.1 Å². The summed E-state index contributed by atoms with van der Waals surface area (Å²) in [6, 6.07) is 2.62. The molecule has 0 aliphatic carbocycles. The number of hydrogen-bond acceptors (Lipinski definition) is 5. The number of fused-ring (bicyclic) bond motifs is 1. The molecule has 23 heavy (non-hydrogen) atoms. The number of benzene rings is 1. The van der Waals surface area contributed by atoms with E-state index in [0.717, 1.165) is 15.4 Å². The number of amides is 4. The Kier molecular flexibility index (Phi) is 4.06. The van der Waals surface area contributed by atoms with Crippen molar-refractivity contribution < 1.29 is 23.9 Å². The van der Waals surface area contributed by atoms with Crippen LogP contribution in [0, 0.1) is 0 Å². The molecule has 0 unspecified atom stereocenters. The van der Waals surface area contributed by atoms with Gasteiger partial charge in [-0.25, -0.2) is 4.79 Å². The number of carbonyl (C=O) groups excluding carboxylic acids is 3. The van der Waals surface area contributed by atoms with E-state index in [4.69, 9.17) is 21.1 Å². The number of halogens is 1. The number of ether oxygens (including phenoxy) is 2. The van der Waals surface area contributed by atoms with Crippen molar-refractivity contribution in [2.75, 3.05) is 13.3 Å². The molecule has 1 aromatic carbocycles. The summed E-state index contributed by atoms with van der Waals surface area (Å²) in [5, 5.41) is 0.432. The van der Waals surface area contributed by atoms with E-state index < -0.39 is 17.8 Å². The van der Waals surface area contributed by atoms with Gasteiger partial charge in [0.15, 0.2) is 6.79 Å². The molecule has 1 saturated heterocycles. The van der Waals surface area contributed by atoms with Gasteiger partial charge in [0.05, 0.1) is 13.2 Å². The van der Waals surface area contributed by atoms with E-state index in [0.29, 0.717) is 22.9 Å². The van der Waals surface area contributed by atoms with Crippen molar-refractivity contribution in [3.05, 3.63) is 40.9 Å². The largest absolute Gasteiger partial charge is 0.467 e. The standard InChI is InChI=1S/C15H13ClN2O5/c1-2-3-17-13(19)14(20)18(15(17)21)6-9-4-11(16)5-10-7-22-8-23-12(9)10/h2,4-5H,1,3,6-8H2. The van der Waals surface area contributed by atoms with Crippen molar-refractivity contribution >= 4 is 29.4 Å². The van der Waals surface area contributed by atoms with Crippen molar-refractivity contribution in [2.45, 2.75) is 13.2 Å². The Balaban J connectivity index is 1.92. The number of urea groups is 1. The first kappa shape index (κ1) is 15.5. The van der Waals surface area contributed by atoms with Gasteiger partial charge in [-0.15, -0.1) is 6.58 Å². The zero-order chi connectivity index (χ0) is 16.6. The molecule has 1 aromatic rings. The number of nitrogens with zero attached hydrogens (tertiary/aromatic N) is 2. The third kappa shape index (κ3) is 2.69. The van der Waals surface area contributed by atoms with Crippen LogP contribution >= 0.6 is 11.6 Å². The quantitative estimate of drug-likeness (QED) is 0.475. The van der Waals surface area contributed by atoms with E-state index >= 15 is 0 Å². The number of hydrogen-bond donors (Lipinski definition) is 0. The lowest BCUT2D eigenvalue weighted by atomic mass is 10.1. The van der Waals surface area contributed by atoms with Gasteiger partial charge < -0.3 is 9.47 Å². The first-order chi connectivity index (χ1) is 11.0. The molecule has 0 spiro atoms. The molecule has 0 aromatic heterocycles. The van der Waals surface area contributed by atoms with Gasteiger partial charge in [0.2, 0.25) is 0 Å². The predicted molar refractivity (Wildman–Crippen MR) is 79.6 cm³/mol. The minimum absolute atomic E-state index is 0.0160. The van der Waals surface area contributed by atoms with Crippen LogP contribution in [-0.4, -0.2) is 41.0 Å². The van der Waals surface area contributed by atoms with Gasteiger partial charge in [-0.1, -0.05) is 17.7 Å². The van der Waals surface area contributed by atoms with Crippen LogP contribution in [0.3, 0.4) is 0 Å². The lowest BCUT2D eigenvalue weighted by molar-refractivity contribution is -0.143. The lowest BCUT2D eigenvalue weighted by Gasteiger charge is -2.23. The Hall–Kier alpha value is -2.38. The van der Waals surface area contributed by atoms with Crippen molar-refractivity contribution in [2.24, 2.45) is 0 Å². The molecule has 0 saturated carbocycles. The SMILES string of the molecule is C=CCN1C(=O)C(=O)N(Cc2cc(Cl)cc3c2OCOC3)C1=O. The monoisotopic (exact) mass is 336 g/mol. The van der Waals surface area contributed by atoms with E-state index in [9.17, 15) is 14.4 Å². The van der Waals surface area contributed by atoms with Gasteiger partial charge in [0.1, 0.15) is 5.75 Å². The third-order valence-electron chi connectivity index (χ3n) is 3.53. The maximum atomic E-state index is 12.2. The van der Waals surface area contributed by atoms with E-state index in [1.165, 1.54) is 6.08 Å². The number of carbonyl (C=O) groups is 3. The number of rotatable bonds is 4. The highest BCUT2D eigenvalue weighted by Gasteiger charge is 2.44. The molecule has 3 rings (SSSR count). The van der Waals surface area contributed by atoms with Gasteiger partial charge in [-0.2, -0.15) is 0 Å². The summed E-state index contributed by atoms with van der Waals surface area (Å²) >= 11 is 6.06. The van der Waals surface area contributed by atoms with Crippen molar-refractivity contribution in [3.8, 4) is 5.75 Å². The van der Waals surface area contributed by atoms with Crippen LogP contribution in [0.4, 0.5) is 4.79 Å². The Bertz CT molecular complexity index is 718. The zero-order valence-corrected chi connectivity index (χ0v) is 12.8. The van der Waals surface area contributed by atoms with Crippen LogP contribution in [0.2, 0.25) is 5.02 Å². The highest BCUT2D eigenvalue weighted by atomic mass is 35.5. The molecule has 8 heteroatoms. The van der Waals surface area contributed by atoms with Crippen LogP contribution in [0.25, 0.3) is 0 Å². The van der Waals surface area contributed by atoms with Crippen molar-refractivity contribution in [1.82, 2.24) is 9.80 Å². The van der Waals surface area contributed by atoms with Crippen LogP contribution < -0.4 is 4.74 Å². The number of imide groups is 2. The maximum absolute atomic E-state index is 12.2. The summed E-state index contributed by atoms with van der Waals surface area (Å²) in [6.45, 7) is 3.76. The Morgan fingerprint density at radius 1 is 1.22 bits per heavy atom. The average Bonchev–Trinajstić information content (AvgIpc) is 2.73. The smallest absolute Gasteiger partial charge is 0.334 e. The minimum Gasteiger partial charge on any atom is -0.467 e. The molecule has 0 bridgehead atoms. The summed E-state index contributed by atoms with van der Waals surface area (Å²) in [4.78, 5) is 37.8. The van der Waals surface area contributed by atoms with Gasteiger partial charge in [-0.05, 0) is 12.1 Å². The Morgan fingerprint density at radius 3 is 2.70 bits per heavy atom. The van der Waals surface area contributed by atoms with E-state index in [2.05, 4.69) is 6.58 Å². The van der Waals surface area contributed by atoms with Crippen LogP contribution in [0.5, 0.6) is 5.75 Å². The lowest BCUT2D eigenvalue weighted by Crippen LogP contribution is -2.33. The normalized spacial score (nSPS) is 17.3. The summed E-state index contributed by atoms with van der Waals surface area (Å²) in [6.07, 6.45) is 1.38. The summed E-state index contributed by atoms with van der Waals surface area (Å²) in [7, 11) is 0. The molecule has 0 N–H and O–H groups in total. The first-order valence-corrected chi connectivity index (χ1v) is 7.20. The molecule has 0 atom stereocenters. The average molecular weight is 337 g/mol. The summed E-state index contributed by atoms with van der Waals surface area (Å²) in [5.74, 6) is -1.22. The van der Waals surface area contributed by atoms with Gasteiger partial charge >= 0.3 is 17.8 Å². The maximum Gasteiger partial charge on any atom is 0.334 e. The molecule has 4 amide bonds. The zero-order valence-electron chi connectivity index (χ0n) is 12.1. The molecule has 2 heterocycles. The fourth-order valence-electron chi connectivity index (χ4n) is 2.52. The van der Waals surface area contributed by atoms with Crippen molar-refractivity contribution in [3.63, 3.8) is 0 Å². The third-order valence-corrected chi connectivity index (χ3v) is 3.75. The van der Waals surface area contributed by atoms with Crippen molar-refractivity contribution in [1.29, 1.82) is 0 Å². The molecule has 120 valence electrons. The Labute approximate surface area is 137 Å². The van der Waals surface area contributed by atoms with Crippen LogP contribution in [-0.2, 0) is 27.5 Å². The fraction of sp³-hybridized carbons (Fsp3) is 0.267. The molecule has 2 aliphatic heterocycles. The molecular weight excluding hydrogens is 324 g/mol. The highest BCUT2D eigenvalue weighted by Crippen LogP contribution is 2.33. The van der Waals surface area contributed by atoms with Gasteiger partial charge in [-0.3, -0.25) is 19.4 Å². The highest BCUT2D eigenvalue weighted by molar-refractivity contribution is 6.44. The molecule has 7 nitrogen and oxygen atoms in total. The fourth-order valence-corrected chi connectivity index (χ4v) is 2.79. The van der Waals surface area contributed by atoms with Gasteiger partial charge in [0, 0.05) is 22.7 Å². The van der Waals surface area contributed by atoms with Crippen LogP contribution in [0.1, 0.15) is 11.1 Å². The van der Waals surface area contributed by atoms with Gasteiger partial charge in [0.25, 0.3) is 0 Å². The van der Waals surface area contributed by atoms with E-state index in [-0.39, 0.29) is 19.9 Å². The summed E-state index contributed by atoms with van der Waals surface area (Å²) in [5.41, 5.74) is 1.28. The first-order valence-electron chi connectivity index (χ1n) is 6.83. The molecular formula is C15H13ClN2O5. The van der Waals surface area contributed by atoms with E-state index in [1.807, 2.05) is 0 Å².